The van der Waals surface area contributed by atoms with Crippen molar-refractivity contribution < 1.29 is 4.74 Å². The van der Waals surface area contributed by atoms with Crippen LogP contribution in [0, 0.1) is 0 Å². The Bertz CT molecular complexity index is 653. The summed E-state index contributed by atoms with van der Waals surface area (Å²) in [6.45, 7) is 0.578. The van der Waals surface area contributed by atoms with Crippen LogP contribution in [0.1, 0.15) is 5.56 Å². The standard InChI is InChI=1S/C15H14N4O/c1-2-4-15(13(3-1)14-9-18-11-19-14)20-6-5-12-7-16-10-17-8-12/h1-4,7-11H,5-6H2,(H,18,19). The number of imidazole rings is 1. The highest BCUT2D eigenvalue weighted by molar-refractivity contribution is 5.66. The minimum atomic E-state index is 0.578. The molecular weight excluding hydrogens is 252 g/mol. The first-order chi connectivity index (χ1) is 9.93. The van der Waals surface area contributed by atoms with Crippen LogP contribution >= 0.6 is 0 Å². The number of ether oxygens (including phenoxy) is 1. The van der Waals surface area contributed by atoms with Crippen LogP contribution in [0.4, 0.5) is 0 Å². The lowest BCUT2D eigenvalue weighted by Gasteiger charge is -2.09. The summed E-state index contributed by atoms with van der Waals surface area (Å²) in [5.41, 5.74) is 2.92. The number of para-hydroxylation sites is 1. The Labute approximate surface area is 116 Å². The minimum Gasteiger partial charge on any atom is -0.493 e. The van der Waals surface area contributed by atoms with Crippen molar-refractivity contribution >= 4 is 0 Å². The Hall–Kier alpha value is -2.69. The molecule has 0 spiro atoms. The number of H-pyrrole nitrogens is 1. The Balaban J connectivity index is 1.69. The van der Waals surface area contributed by atoms with E-state index in [9.17, 15) is 0 Å². The van der Waals surface area contributed by atoms with Crippen molar-refractivity contribution in [2.24, 2.45) is 0 Å². The quantitative estimate of drug-likeness (QED) is 0.770. The zero-order valence-corrected chi connectivity index (χ0v) is 10.9. The van der Waals surface area contributed by atoms with E-state index in [1.165, 1.54) is 6.33 Å². The molecule has 2 heterocycles. The van der Waals surface area contributed by atoms with E-state index in [-0.39, 0.29) is 0 Å². The molecule has 0 unspecified atom stereocenters. The van der Waals surface area contributed by atoms with Crippen molar-refractivity contribution in [3.05, 3.63) is 61.1 Å². The highest BCUT2D eigenvalue weighted by Crippen LogP contribution is 2.27. The molecule has 100 valence electrons. The van der Waals surface area contributed by atoms with Crippen LogP contribution in [0.3, 0.4) is 0 Å². The van der Waals surface area contributed by atoms with Gasteiger partial charge in [-0.25, -0.2) is 15.0 Å². The molecule has 5 nitrogen and oxygen atoms in total. The summed E-state index contributed by atoms with van der Waals surface area (Å²) in [5.74, 6) is 0.830. The molecule has 0 amide bonds. The van der Waals surface area contributed by atoms with E-state index < -0.39 is 0 Å². The first kappa shape index (κ1) is 12.3. The van der Waals surface area contributed by atoms with Crippen molar-refractivity contribution in [3.8, 4) is 17.0 Å². The van der Waals surface area contributed by atoms with Crippen LogP contribution in [0.2, 0.25) is 0 Å². The molecule has 0 fully saturated rings. The molecule has 1 N–H and O–H groups in total. The van der Waals surface area contributed by atoms with E-state index in [2.05, 4.69) is 19.9 Å². The number of benzene rings is 1. The Kier molecular flexibility index (Phi) is 3.68. The summed E-state index contributed by atoms with van der Waals surface area (Å²) in [4.78, 5) is 15.2. The van der Waals surface area contributed by atoms with Gasteiger partial charge < -0.3 is 9.72 Å². The number of nitrogens with zero attached hydrogens (tertiary/aromatic N) is 3. The van der Waals surface area contributed by atoms with E-state index in [4.69, 9.17) is 4.74 Å². The number of aromatic amines is 1. The molecule has 3 rings (SSSR count). The molecule has 0 aliphatic rings. The molecule has 2 aromatic heterocycles. The zero-order chi connectivity index (χ0) is 13.6. The maximum Gasteiger partial charge on any atom is 0.128 e. The van der Waals surface area contributed by atoms with Gasteiger partial charge in [0.25, 0.3) is 0 Å². The van der Waals surface area contributed by atoms with E-state index in [1.807, 2.05) is 30.5 Å². The van der Waals surface area contributed by atoms with Crippen molar-refractivity contribution in [2.45, 2.75) is 6.42 Å². The topological polar surface area (TPSA) is 63.7 Å². The minimum absolute atomic E-state index is 0.578. The second-order valence-electron chi connectivity index (χ2n) is 4.30. The average Bonchev–Trinajstić information content (AvgIpc) is 3.03. The van der Waals surface area contributed by atoms with E-state index in [0.717, 1.165) is 29.0 Å². The molecule has 0 atom stereocenters. The largest absolute Gasteiger partial charge is 0.493 e. The van der Waals surface area contributed by atoms with Crippen molar-refractivity contribution in [1.82, 2.24) is 19.9 Å². The highest BCUT2D eigenvalue weighted by Gasteiger charge is 2.07. The van der Waals surface area contributed by atoms with Gasteiger partial charge in [-0.05, 0) is 17.7 Å². The van der Waals surface area contributed by atoms with E-state index >= 15 is 0 Å². The second kappa shape index (κ2) is 5.97. The highest BCUT2D eigenvalue weighted by atomic mass is 16.5. The lowest BCUT2D eigenvalue weighted by atomic mass is 10.1. The van der Waals surface area contributed by atoms with Crippen LogP contribution in [-0.2, 0) is 6.42 Å². The van der Waals surface area contributed by atoms with Gasteiger partial charge in [0.1, 0.15) is 12.1 Å². The summed E-state index contributed by atoms with van der Waals surface area (Å²) in [5, 5.41) is 0. The Morgan fingerprint density at radius 3 is 2.75 bits per heavy atom. The number of nitrogens with one attached hydrogen (secondary N) is 1. The molecule has 3 aromatic rings. The van der Waals surface area contributed by atoms with Gasteiger partial charge in [0.2, 0.25) is 0 Å². The smallest absolute Gasteiger partial charge is 0.128 e. The summed E-state index contributed by atoms with van der Waals surface area (Å²) >= 11 is 0. The van der Waals surface area contributed by atoms with Crippen LogP contribution < -0.4 is 4.74 Å². The third kappa shape index (κ3) is 2.83. The molecule has 0 aliphatic carbocycles. The molecule has 5 heteroatoms. The molecule has 0 saturated heterocycles. The number of aromatic nitrogens is 4. The van der Waals surface area contributed by atoms with Gasteiger partial charge in [0.05, 0.1) is 18.6 Å². The summed E-state index contributed by atoms with van der Waals surface area (Å²) < 4.78 is 5.86. The maximum absolute atomic E-state index is 5.86. The molecule has 1 aromatic carbocycles. The van der Waals surface area contributed by atoms with Crippen molar-refractivity contribution in [3.63, 3.8) is 0 Å². The summed E-state index contributed by atoms with van der Waals surface area (Å²) in [6, 6.07) is 7.88. The van der Waals surface area contributed by atoms with Gasteiger partial charge in [-0.3, -0.25) is 0 Å². The zero-order valence-electron chi connectivity index (χ0n) is 10.9. The second-order valence-corrected chi connectivity index (χ2v) is 4.30. The fourth-order valence-corrected chi connectivity index (χ4v) is 1.95. The fraction of sp³-hybridized carbons (Fsp3) is 0.133. The number of hydrogen-bond donors (Lipinski definition) is 1. The SMILES string of the molecule is c1ccc(-c2c[nH]cn2)c(OCCc2cncnc2)c1. The first-order valence-electron chi connectivity index (χ1n) is 6.38. The van der Waals surface area contributed by atoms with Crippen molar-refractivity contribution in [2.75, 3.05) is 6.61 Å². The fourth-order valence-electron chi connectivity index (χ4n) is 1.95. The monoisotopic (exact) mass is 266 g/mol. The van der Waals surface area contributed by atoms with Crippen molar-refractivity contribution in [1.29, 1.82) is 0 Å². The molecule has 20 heavy (non-hydrogen) atoms. The van der Waals surface area contributed by atoms with E-state index in [0.29, 0.717) is 6.61 Å². The molecule has 0 bridgehead atoms. The van der Waals surface area contributed by atoms with E-state index in [1.54, 1.807) is 18.7 Å². The predicted octanol–water partition coefficient (Wildman–Crippen LogP) is 2.49. The van der Waals surface area contributed by atoms with Crippen LogP contribution in [0.5, 0.6) is 5.75 Å². The predicted molar refractivity (Wildman–Crippen MR) is 75.3 cm³/mol. The van der Waals surface area contributed by atoms with Gasteiger partial charge >= 0.3 is 0 Å². The third-order valence-electron chi connectivity index (χ3n) is 2.92. The van der Waals surface area contributed by atoms with Gasteiger partial charge in [-0.15, -0.1) is 0 Å². The maximum atomic E-state index is 5.86. The Morgan fingerprint density at radius 1 is 1.10 bits per heavy atom. The van der Waals surface area contributed by atoms with Gasteiger partial charge in [-0.2, -0.15) is 0 Å². The van der Waals surface area contributed by atoms with Crippen LogP contribution in [-0.4, -0.2) is 26.5 Å². The van der Waals surface area contributed by atoms with Gasteiger partial charge in [0, 0.05) is 30.6 Å². The Morgan fingerprint density at radius 2 is 1.95 bits per heavy atom. The molecular formula is C15H14N4O. The number of hydrogen-bond acceptors (Lipinski definition) is 4. The summed E-state index contributed by atoms with van der Waals surface area (Å²) in [6.07, 6.45) is 9.42. The third-order valence-corrected chi connectivity index (χ3v) is 2.92. The lowest BCUT2D eigenvalue weighted by molar-refractivity contribution is 0.323. The van der Waals surface area contributed by atoms with Gasteiger partial charge in [-0.1, -0.05) is 12.1 Å². The normalized spacial score (nSPS) is 10.4. The lowest BCUT2D eigenvalue weighted by Crippen LogP contribution is -2.03. The van der Waals surface area contributed by atoms with Crippen LogP contribution in [0.25, 0.3) is 11.3 Å². The van der Waals surface area contributed by atoms with Crippen LogP contribution in [0.15, 0.2) is 55.5 Å². The first-order valence-corrected chi connectivity index (χ1v) is 6.38. The van der Waals surface area contributed by atoms with Gasteiger partial charge in [0.15, 0.2) is 0 Å². The molecule has 0 aliphatic heterocycles. The average molecular weight is 266 g/mol. The number of rotatable bonds is 5. The molecule has 0 saturated carbocycles. The summed E-state index contributed by atoms with van der Waals surface area (Å²) in [7, 11) is 0. The molecule has 0 radical (unpaired) electrons.